The van der Waals surface area contributed by atoms with Crippen molar-refractivity contribution in [3.8, 4) is 17.6 Å². The van der Waals surface area contributed by atoms with Crippen molar-refractivity contribution in [3.63, 3.8) is 0 Å². The normalized spacial score (nSPS) is 41.3. The minimum Gasteiger partial charge on any atom is -0.508 e. The highest BCUT2D eigenvalue weighted by atomic mass is 16.3. The molecule has 122 valence electrons. The monoisotopic (exact) mass is 310 g/mol. The quantitative estimate of drug-likeness (QED) is 0.711. The van der Waals surface area contributed by atoms with Crippen LogP contribution in [-0.4, -0.2) is 15.8 Å². The lowest BCUT2D eigenvalue weighted by Gasteiger charge is -2.49. The summed E-state index contributed by atoms with van der Waals surface area (Å²) in [6.45, 7) is 4.20. The van der Waals surface area contributed by atoms with E-state index >= 15 is 0 Å². The van der Waals surface area contributed by atoms with Gasteiger partial charge in [-0.2, -0.15) is 0 Å². The molecular weight excluding hydrogens is 284 g/mol. The average molecular weight is 310 g/mol. The molecule has 0 radical (unpaired) electrons. The van der Waals surface area contributed by atoms with Crippen LogP contribution < -0.4 is 0 Å². The summed E-state index contributed by atoms with van der Waals surface area (Å²) in [6.07, 6.45) is 6.26. The molecule has 0 heterocycles. The molecular formula is C21H26O2. The molecule has 0 unspecified atom stereocenters. The number of hydrogen-bond acceptors (Lipinski definition) is 2. The molecule has 1 aromatic rings. The molecule has 0 amide bonds. The minimum atomic E-state index is -0.779. The van der Waals surface area contributed by atoms with E-state index in [1.807, 2.05) is 19.1 Å². The number of fused-ring (bicyclic) bond motifs is 5. The van der Waals surface area contributed by atoms with Crippen molar-refractivity contribution in [3.05, 3.63) is 29.3 Å². The number of benzene rings is 1. The highest BCUT2D eigenvalue weighted by Crippen LogP contribution is 2.63. The van der Waals surface area contributed by atoms with Gasteiger partial charge in [-0.3, -0.25) is 0 Å². The Kier molecular flexibility index (Phi) is 3.29. The Morgan fingerprint density at radius 1 is 1.26 bits per heavy atom. The lowest BCUT2D eigenvalue weighted by molar-refractivity contribution is 0.0589. The predicted molar refractivity (Wildman–Crippen MR) is 91.1 cm³/mol. The first-order valence-corrected chi connectivity index (χ1v) is 8.92. The van der Waals surface area contributed by atoms with Gasteiger partial charge in [-0.1, -0.05) is 18.9 Å². The Bertz CT molecular complexity index is 698. The number of aromatic hydroxyl groups is 1. The van der Waals surface area contributed by atoms with Crippen LogP contribution in [0.5, 0.6) is 5.75 Å². The molecule has 2 heteroatoms. The topological polar surface area (TPSA) is 40.5 Å². The van der Waals surface area contributed by atoms with Crippen LogP contribution in [-0.2, 0) is 6.42 Å². The molecule has 2 saturated carbocycles. The van der Waals surface area contributed by atoms with Gasteiger partial charge in [-0.05, 0) is 91.9 Å². The summed E-state index contributed by atoms with van der Waals surface area (Å²) in [4.78, 5) is 0. The van der Waals surface area contributed by atoms with Gasteiger partial charge in [0.25, 0.3) is 0 Å². The average Bonchev–Trinajstić information content (AvgIpc) is 2.77. The highest BCUT2D eigenvalue weighted by molar-refractivity contribution is 5.40. The van der Waals surface area contributed by atoms with Crippen LogP contribution in [0.1, 0.15) is 63.0 Å². The molecule has 3 aliphatic carbocycles. The van der Waals surface area contributed by atoms with Crippen molar-refractivity contribution >= 4 is 0 Å². The van der Waals surface area contributed by atoms with E-state index in [1.54, 1.807) is 0 Å². The number of hydrogen-bond donors (Lipinski definition) is 2. The molecule has 0 bridgehead atoms. The van der Waals surface area contributed by atoms with Gasteiger partial charge in [-0.15, -0.1) is 5.92 Å². The number of aliphatic hydroxyl groups is 1. The molecule has 2 nitrogen and oxygen atoms in total. The predicted octanol–water partition coefficient (Wildman–Crippen LogP) is 4.00. The summed E-state index contributed by atoms with van der Waals surface area (Å²) >= 11 is 0. The van der Waals surface area contributed by atoms with Crippen molar-refractivity contribution in [1.29, 1.82) is 0 Å². The van der Waals surface area contributed by atoms with Crippen molar-refractivity contribution in [2.45, 2.75) is 63.9 Å². The molecule has 0 saturated heterocycles. The largest absolute Gasteiger partial charge is 0.508 e. The van der Waals surface area contributed by atoms with Gasteiger partial charge >= 0.3 is 0 Å². The molecule has 3 aliphatic rings. The van der Waals surface area contributed by atoms with Crippen LogP contribution in [0.15, 0.2) is 18.2 Å². The Morgan fingerprint density at radius 2 is 2.09 bits per heavy atom. The van der Waals surface area contributed by atoms with E-state index in [-0.39, 0.29) is 5.41 Å². The van der Waals surface area contributed by atoms with E-state index in [0.717, 1.165) is 19.3 Å². The van der Waals surface area contributed by atoms with Crippen LogP contribution in [0, 0.1) is 29.1 Å². The van der Waals surface area contributed by atoms with Gasteiger partial charge in [0, 0.05) is 0 Å². The van der Waals surface area contributed by atoms with E-state index in [9.17, 15) is 10.2 Å². The Balaban J connectivity index is 1.69. The Labute approximate surface area is 138 Å². The molecule has 5 atom stereocenters. The molecule has 4 rings (SSSR count). The Hall–Kier alpha value is -1.46. The van der Waals surface area contributed by atoms with E-state index in [0.29, 0.717) is 23.5 Å². The summed E-state index contributed by atoms with van der Waals surface area (Å²) < 4.78 is 0. The molecule has 1 aromatic carbocycles. The minimum absolute atomic E-state index is 0.230. The van der Waals surface area contributed by atoms with E-state index in [4.69, 9.17) is 0 Å². The van der Waals surface area contributed by atoms with E-state index < -0.39 is 5.60 Å². The van der Waals surface area contributed by atoms with Crippen molar-refractivity contribution in [2.75, 3.05) is 0 Å². The SMILES string of the molecule is CC#C[C@]1(O)C[C@H]2[C@@H]3CCc4cc(O)ccc4[C@H]3CC[C@]2(C)C1. The van der Waals surface area contributed by atoms with Crippen LogP contribution in [0.3, 0.4) is 0 Å². The second kappa shape index (κ2) is 5.02. The maximum absolute atomic E-state index is 10.9. The Morgan fingerprint density at radius 3 is 2.87 bits per heavy atom. The van der Waals surface area contributed by atoms with Crippen LogP contribution in [0.4, 0.5) is 0 Å². The smallest absolute Gasteiger partial charge is 0.126 e. The fraction of sp³-hybridized carbons (Fsp3) is 0.619. The van der Waals surface area contributed by atoms with Crippen LogP contribution in [0.2, 0.25) is 0 Å². The fourth-order valence-electron chi connectivity index (χ4n) is 6.01. The zero-order valence-corrected chi connectivity index (χ0v) is 14.1. The van der Waals surface area contributed by atoms with Gasteiger partial charge in [0.2, 0.25) is 0 Å². The maximum Gasteiger partial charge on any atom is 0.126 e. The van der Waals surface area contributed by atoms with Crippen LogP contribution in [0.25, 0.3) is 0 Å². The summed E-state index contributed by atoms with van der Waals surface area (Å²) in [5, 5.41) is 20.7. The fourth-order valence-corrected chi connectivity index (χ4v) is 6.01. The zero-order valence-electron chi connectivity index (χ0n) is 14.1. The lowest BCUT2D eigenvalue weighted by Crippen LogP contribution is -2.39. The summed E-state index contributed by atoms with van der Waals surface area (Å²) in [6, 6.07) is 5.92. The van der Waals surface area contributed by atoms with Gasteiger partial charge in [-0.25, -0.2) is 0 Å². The standard InChI is InChI=1S/C21H26O2/c1-3-9-21(23)12-19-18-6-4-14-11-15(22)5-7-16(14)17(18)8-10-20(19,2)13-21/h5,7,11,17-19,22-23H,4,6,8,10,12-13H2,1-2H3/t17-,18-,19+,20-,21+/m1/s1. The number of aryl methyl sites for hydroxylation is 1. The summed E-state index contributed by atoms with van der Waals surface area (Å²) in [5.74, 6) is 8.23. The van der Waals surface area contributed by atoms with E-state index in [2.05, 4.69) is 24.8 Å². The second-order valence-electron chi connectivity index (χ2n) is 8.28. The third-order valence-corrected chi connectivity index (χ3v) is 6.84. The van der Waals surface area contributed by atoms with Gasteiger partial charge in [0.15, 0.2) is 0 Å². The number of phenolic OH excluding ortho intramolecular Hbond substituents is 1. The van der Waals surface area contributed by atoms with Crippen molar-refractivity contribution in [1.82, 2.24) is 0 Å². The van der Waals surface area contributed by atoms with Gasteiger partial charge < -0.3 is 10.2 Å². The molecule has 0 spiro atoms. The zero-order chi connectivity index (χ0) is 16.2. The summed E-state index contributed by atoms with van der Waals surface area (Å²) in [7, 11) is 0. The van der Waals surface area contributed by atoms with Gasteiger partial charge in [0.05, 0.1) is 0 Å². The third-order valence-electron chi connectivity index (χ3n) is 6.84. The first kappa shape index (κ1) is 15.1. The molecule has 23 heavy (non-hydrogen) atoms. The number of rotatable bonds is 0. The lowest BCUT2D eigenvalue weighted by atomic mass is 9.56. The van der Waals surface area contributed by atoms with Crippen LogP contribution >= 0.6 is 0 Å². The highest BCUT2D eigenvalue weighted by Gasteiger charge is 2.57. The first-order valence-electron chi connectivity index (χ1n) is 8.92. The third kappa shape index (κ3) is 2.29. The van der Waals surface area contributed by atoms with Crippen molar-refractivity contribution < 1.29 is 10.2 Å². The molecule has 0 aliphatic heterocycles. The maximum atomic E-state index is 10.9. The van der Waals surface area contributed by atoms with E-state index in [1.165, 1.54) is 30.4 Å². The second-order valence-corrected chi connectivity index (χ2v) is 8.28. The number of phenols is 1. The first-order chi connectivity index (χ1) is 10.9. The van der Waals surface area contributed by atoms with Gasteiger partial charge in [0.1, 0.15) is 11.4 Å². The molecule has 2 fully saturated rings. The summed E-state index contributed by atoms with van der Waals surface area (Å²) in [5.41, 5.74) is 2.22. The van der Waals surface area contributed by atoms with Crippen molar-refractivity contribution in [2.24, 2.45) is 17.3 Å². The molecule has 0 aromatic heterocycles. The molecule has 2 N–H and O–H groups in total.